The Bertz CT molecular complexity index is 1130. The van der Waals surface area contributed by atoms with Crippen molar-refractivity contribution in [1.29, 1.82) is 0 Å². The maximum Gasteiger partial charge on any atom is 0.269 e. The third-order valence-corrected chi connectivity index (χ3v) is 6.69. The Balaban J connectivity index is 1.62. The summed E-state index contributed by atoms with van der Waals surface area (Å²) in [6, 6.07) is 8.35. The monoisotopic (exact) mass is 546 g/mol. The van der Waals surface area contributed by atoms with E-state index in [-0.39, 0.29) is 35.9 Å². The van der Waals surface area contributed by atoms with Gasteiger partial charge in [0.25, 0.3) is 16.0 Å². The molecule has 7 nitrogen and oxygen atoms in total. The van der Waals surface area contributed by atoms with Gasteiger partial charge in [-0.15, -0.1) is 0 Å². The molecule has 0 spiro atoms. The number of benzene rings is 2. The van der Waals surface area contributed by atoms with Crippen LogP contribution in [0.5, 0.6) is 5.75 Å². The Morgan fingerprint density at radius 1 is 1.12 bits per heavy atom. The van der Waals surface area contributed by atoms with Gasteiger partial charge in [-0.2, -0.15) is 8.42 Å². The molecular weight excluding hydrogens is 522 g/mol. The minimum absolute atomic E-state index is 0.0268. The summed E-state index contributed by atoms with van der Waals surface area (Å²) in [5, 5.41) is 0. The van der Waals surface area contributed by atoms with Crippen LogP contribution >= 0.6 is 15.9 Å². The lowest BCUT2D eigenvalue weighted by Crippen LogP contribution is -2.58. The lowest BCUT2D eigenvalue weighted by atomic mass is 10.1. The number of hydrogen-bond acceptors (Lipinski definition) is 5. The Hall–Kier alpha value is -2.08. The molecule has 1 aliphatic heterocycles. The van der Waals surface area contributed by atoms with Gasteiger partial charge in [-0.1, -0.05) is 22.0 Å². The molecule has 180 valence electrons. The first-order valence-electron chi connectivity index (χ1n) is 10.3. The average molecular weight is 547 g/mol. The molecule has 2 aromatic carbocycles. The van der Waals surface area contributed by atoms with Crippen molar-refractivity contribution in [2.75, 3.05) is 19.7 Å². The zero-order valence-electron chi connectivity index (χ0n) is 18.2. The smallest absolute Gasteiger partial charge is 0.269 e. The van der Waals surface area contributed by atoms with Crippen molar-refractivity contribution in [1.82, 2.24) is 9.80 Å². The molecule has 33 heavy (non-hydrogen) atoms. The van der Waals surface area contributed by atoms with Gasteiger partial charge >= 0.3 is 0 Å². The van der Waals surface area contributed by atoms with Crippen molar-refractivity contribution in [3.05, 3.63) is 63.6 Å². The van der Waals surface area contributed by atoms with Crippen molar-refractivity contribution in [3.8, 4) is 5.75 Å². The van der Waals surface area contributed by atoms with E-state index in [4.69, 9.17) is 4.74 Å². The quantitative estimate of drug-likeness (QED) is 0.534. The van der Waals surface area contributed by atoms with Crippen molar-refractivity contribution in [2.45, 2.75) is 38.2 Å². The van der Waals surface area contributed by atoms with Crippen LogP contribution in [0.1, 0.15) is 25.0 Å². The summed E-state index contributed by atoms with van der Waals surface area (Å²) in [6.45, 7) is 4.94. The number of ether oxygens (including phenoxy) is 1. The second kappa shape index (κ2) is 10.5. The molecule has 2 aromatic rings. The topological polar surface area (TPSA) is 87.2 Å². The van der Waals surface area contributed by atoms with Gasteiger partial charge in [-0.25, -0.2) is 8.78 Å². The fourth-order valence-electron chi connectivity index (χ4n) is 3.86. The van der Waals surface area contributed by atoms with Crippen LogP contribution in [0.3, 0.4) is 0 Å². The van der Waals surface area contributed by atoms with E-state index in [9.17, 15) is 26.5 Å². The Morgan fingerprint density at radius 2 is 1.85 bits per heavy atom. The molecule has 2 atom stereocenters. The second-order valence-corrected chi connectivity index (χ2v) is 10.6. The van der Waals surface area contributed by atoms with Crippen molar-refractivity contribution < 1.29 is 31.3 Å². The molecule has 1 amide bonds. The maximum absolute atomic E-state index is 13.5. The second-order valence-electron chi connectivity index (χ2n) is 8.19. The summed E-state index contributed by atoms with van der Waals surface area (Å²) in [6.07, 6.45) is 0. The van der Waals surface area contributed by atoms with E-state index in [0.717, 1.165) is 6.07 Å². The van der Waals surface area contributed by atoms with Gasteiger partial charge in [-0.3, -0.25) is 14.2 Å². The highest BCUT2D eigenvalue weighted by atomic mass is 79.9. The molecule has 0 aliphatic carbocycles. The third kappa shape index (κ3) is 6.95. The molecule has 0 aromatic heterocycles. The Morgan fingerprint density at radius 3 is 2.52 bits per heavy atom. The van der Waals surface area contributed by atoms with Crippen LogP contribution < -0.4 is 4.74 Å². The SMILES string of the molecule is C[C@@H]1CN(Cc2ccc(F)c(F)c2)[C@@H](C)CN1C(=O)COc1ccc(Br)cc1CS(=O)(=O)O. The predicted octanol–water partition coefficient (Wildman–Crippen LogP) is 3.62. The fraction of sp³-hybridized carbons (Fsp3) is 0.409. The van der Waals surface area contributed by atoms with Crippen LogP contribution in [0, 0.1) is 11.6 Å². The fourth-order valence-corrected chi connectivity index (χ4v) is 4.89. The van der Waals surface area contributed by atoms with Gasteiger partial charge in [-0.05, 0) is 49.7 Å². The van der Waals surface area contributed by atoms with Gasteiger partial charge < -0.3 is 9.64 Å². The zero-order chi connectivity index (χ0) is 24.3. The van der Waals surface area contributed by atoms with E-state index in [1.165, 1.54) is 18.2 Å². The molecule has 1 heterocycles. The van der Waals surface area contributed by atoms with E-state index in [0.29, 0.717) is 29.7 Å². The third-order valence-electron chi connectivity index (χ3n) is 5.52. The molecule has 1 saturated heterocycles. The summed E-state index contributed by atoms with van der Waals surface area (Å²) in [5.41, 5.74) is 0.884. The molecule has 0 radical (unpaired) electrons. The average Bonchev–Trinajstić information content (AvgIpc) is 2.71. The zero-order valence-corrected chi connectivity index (χ0v) is 20.6. The summed E-state index contributed by atoms with van der Waals surface area (Å²) in [4.78, 5) is 16.6. The van der Waals surface area contributed by atoms with Gasteiger partial charge in [0.2, 0.25) is 0 Å². The molecule has 0 saturated carbocycles. The van der Waals surface area contributed by atoms with Gasteiger partial charge in [0.05, 0.1) is 0 Å². The highest BCUT2D eigenvalue weighted by molar-refractivity contribution is 9.10. The van der Waals surface area contributed by atoms with Crippen molar-refractivity contribution >= 4 is 32.0 Å². The van der Waals surface area contributed by atoms with Crippen LogP contribution in [0.2, 0.25) is 0 Å². The highest BCUT2D eigenvalue weighted by Crippen LogP contribution is 2.26. The summed E-state index contributed by atoms with van der Waals surface area (Å²) < 4.78 is 64.7. The summed E-state index contributed by atoms with van der Waals surface area (Å²) in [5.74, 6) is -2.47. The van der Waals surface area contributed by atoms with E-state index < -0.39 is 27.5 Å². The van der Waals surface area contributed by atoms with Crippen LogP contribution in [0.25, 0.3) is 0 Å². The number of piperazine rings is 1. The predicted molar refractivity (Wildman–Crippen MR) is 122 cm³/mol. The number of hydrogen-bond donors (Lipinski definition) is 1. The molecular formula is C22H25BrF2N2O5S. The van der Waals surface area contributed by atoms with Crippen molar-refractivity contribution in [2.24, 2.45) is 0 Å². The van der Waals surface area contributed by atoms with Crippen LogP contribution in [-0.2, 0) is 27.2 Å². The van der Waals surface area contributed by atoms with Crippen LogP contribution in [0.4, 0.5) is 8.78 Å². The van der Waals surface area contributed by atoms with E-state index in [1.54, 1.807) is 17.0 Å². The summed E-state index contributed by atoms with van der Waals surface area (Å²) in [7, 11) is -4.27. The minimum atomic E-state index is -4.27. The number of amides is 1. The lowest BCUT2D eigenvalue weighted by Gasteiger charge is -2.44. The number of carbonyl (C=O) groups is 1. The standard InChI is InChI=1S/C22H25BrF2N2O5S/c1-14-10-27(15(2)9-26(14)11-16-3-5-19(24)20(25)7-16)22(28)12-32-21-6-4-18(23)8-17(21)13-33(29,30)31/h3-8,14-15H,9-13H2,1-2H3,(H,29,30,31)/t14-,15+/m0/s1. The highest BCUT2D eigenvalue weighted by Gasteiger charge is 2.32. The van der Waals surface area contributed by atoms with E-state index in [1.807, 2.05) is 13.8 Å². The lowest BCUT2D eigenvalue weighted by molar-refractivity contribution is -0.139. The molecule has 1 aliphatic rings. The Labute approximate surface area is 200 Å². The van der Waals surface area contributed by atoms with Gasteiger partial charge in [0.1, 0.15) is 11.5 Å². The molecule has 1 N–H and O–H groups in total. The number of rotatable bonds is 7. The van der Waals surface area contributed by atoms with E-state index in [2.05, 4.69) is 20.8 Å². The molecule has 11 heteroatoms. The number of carbonyl (C=O) groups excluding carboxylic acids is 1. The van der Waals surface area contributed by atoms with Crippen LogP contribution in [-0.4, -0.2) is 60.5 Å². The number of halogens is 3. The molecule has 3 rings (SSSR count). The number of nitrogens with zero attached hydrogens (tertiary/aromatic N) is 2. The minimum Gasteiger partial charge on any atom is -0.483 e. The Kier molecular flexibility index (Phi) is 8.09. The molecule has 1 fully saturated rings. The molecule has 0 bridgehead atoms. The first kappa shape index (κ1) is 25.5. The van der Waals surface area contributed by atoms with Crippen LogP contribution in [0.15, 0.2) is 40.9 Å². The maximum atomic E-state index is 13.5. The summed E-state index contributed by atoms with van der Waals surface area (Å²) >= 11 is 3.25. The van der Waals surface area contributed by atoms with Gasteiger partial charge in [0, 0.05) is 41.8 Å². The van der Waals surface area contributed by atoms with E-state index >= 15 is 0 Å². The first-order chi connectivity index (χ1) is 15.4. The molecule has 0 unspecified atom stereocenters. The largest absolute Gasteiger partial charge is 0.483 e. The normalized spacial score (nSPS) is 19.5. The van der Waals surface area contributed by atoms with Gasteiger partial charge in [0.15, 0.2) is 18.2 Å². The first-order valence-corrected chi connectivity index (χ1v) is 12.7. The van der Waals surface area contributed by atoms with Crippen molar-refractivity contribution in [3.63, 3.8) is 0 Å².